The third-order valence-corrected chi connectivity index (χ3v) is 3.92. The number of ether oxygens (including phenoxy) is 3. The third kappa shape index (κ3) is 7.17. The van der Waals surface area contributed by atoms with Crippen LogP contribution in [-0.2, 0) is 16.0 Å². The quantitative estimate of drug-likeness (QED) is 0.378. The van der Waals surface area contributed by atoms with E-state index in [4.69, 9.17) is 14.2 Å². The lowest BCUT2D eigenvalue weighted by atomic mass is 10.2. The Kier molecular flexibility index (Phi) is 9.20. The summed E-state index contributed by atoms with van der Waals surface area (Å²) in [5, 5.41) is 6.46. The van der Waals surface area contributed by atoms with Gasteiger partial charge in [0.1, 0.15) is 0 Å². The van der Waals surface area contributed by atoms with Crippen molar-refractivity contribution in [3.8, 4) is 5.75 Å². The van der Waals surface area contributed by atoms with Gasteiger partial charge >= 0.3 is 0 Å². The molecule has 1 unspecified atom stereocenters. The van der Waals surface area contributed by atoms with Crippen molar-refractivity contribution < 1.29 is 18.6 Å². The van der Waals surface area contributed by atoms with Crippen LogP contribution in [0.5, 0.6) is 5.75 Å². The molecule has 146 valence electrons. The second-order valence-corrected chi connectivity index (χ2v) is 6.03. The molecule has 2 rings (SSSR count). The summed E-state index contributed by atoms with van der Waals surface area (Å²) in [4.78, 5) is 4.50. The molecule has 1 aromatic carbocycles. The lowest BCUT2D eigenvalue weighted by Crippen LogP contribution is -2.38. The summed E-state index contributed by atoms with van der Waals surface area (Å²) in [6.07, 6.45) is 2.11. The molecular weight excluding hydrogens is 337 g/mol. The van der Waals surface area contributed by atoms with E-state index in [9.17, 15) is 4.39 Å². The van der Waals surface area contributed by atoms with E-state index in [0.717, 1.165) is 38.1 Å². The molecule has 1 atom stereocenters. The van der Waals surface area contributed by atoms with E-state index in [1.165, 1.54) is 6.07 Å². The molecule has 0 bridgehead atoms. The van der Waals surface area contributed by atoms with Gasteiger partial charge in [0.05, 0.1) is 25.9 Å². The van der Waals surface area contributed by atoms with E-state index in [1.807, 2.05) is 19.9 Å². The molecule has 0 amide bonds. The normalized spacial score (nSPS) is 17.3. The van der Waals surface area contributed by atoms with Crippen molar-refractivity contribution in [2.75, 3.05) is 39.5 Å². The van der Waals surface area contributed by atoms with Gasteiger partial charge in [-0.05, 0) is 44.4 Å². The smallest absolute Gasteiger partial charge is 0.191 e. The highest BCUT2D eigenvalue weighted by molar-refractivity contribution is 5.79. The van der Waals surface area contributed by atoms with Crippen LogP contribution in [0.25, 0.3) is 0 Å². The zero-order chi connectivity index (χ0) is 18.6. The minimum atomic E-state index is -0.356. The highest BCUT2D eigenvalue weighted by Crippen LogP contribution is 2.18. The molecular formula is C19H30FN3O3. The lowest BCUT2D eigenvalue weighted by molar-refractivity contribution is 0.0420. The summed E-state index contributed by atoms with van der Waals surface area (Å²) in [7, 11) is 0. The van der Waals surface area contributed by atoms with Crippen molar-refractivity contribution in [2.24, 2.45) is 4.99 Å². The number of nitrogens with one attached hydrogen (secondary N) is 2. The average Bonchev–Trinajstić information content (AvgIpc) is 3.15. The summed E-state index contributed by atoms with van der Waals surface area (Å²) in [5.41, 5.74) is 0.799. The van der Waals surface area contributed by atoms with Crippen molar-refractivity contribution in [3.05, 3.63) is 29.6 Å². The van der Waals surface area contributed by atoms with Crippen LogP contribution in [0.2, 0.25) is 0 Å². The van der Waals surface area contributed by atoms with Crippen LogP contribution in [-0.4, -0.2) is 51.6 Å². The maximum atomic E-state index is 13.9. The molecule has 1 aliphatic heterocycles. The van der Waals surface area contributed by atoms with Crippen LogP contribution in [0.1, 0.15) is 32.3 Å². The number of halogens is 1. The first-order chi connectivity index (χ1) is 12.7. The molecule has 1 fully saturated rings. The second kappa shape index (κ2) is 11.7. The van der Waals surface area contributed by atoms with Crippen LogP contribution >= 0.6 is 0 Å². The van der Waals surface area contributed by atoms with Gasteiger partial charge in [-0.2, -0.15) is 0 Å². The molecule has 0 aliphatic carbocycles. The molecule has 1 aromatic rings. The van der Waals surface area contributed by atoms with E-state index >= 15 is 0 Å². The molecule has 0 saturated carbocycles. The van der Waals surface area contributed by atoms with E-state index in [1.54, 1.807) is 6.07 Å². The van der Waals surface area contributed by atoms with Crippen molar-refractivity contribution in [2.45, 2.75) is 39.3 Å². The Balaban J connectivity index is 1.75. The van der Waals surface area contributed by atoms with E-state index in [-0.39, 0.29) is 17.7 Å². The number of hydrogen-bond donors (Lipinski definition) is 2. The SMILES string of the molecule is CCNC(=NCc1ccc(OCC)c(F)c1)NCCCOC1CCOC1. The summed E-state index contributed by atoms with van der Waals surface area (Å²) in [6.45, 7) is 8.41. The molecule has 0 spiro atoms. The van der Waals surface area contributed by atoms with Gasteiger partial charge in [0.2, 0.25) is 0 Å². The Hall–Kier alpha value is -1.86. The number of hydrogen-bond acceptors (Lipinski definition) is 4. The summed E-state index contributed by atoms with van der Waals surface area (Å²) in [5.74, 6) is 0.634. The van der Waals surface area contributed by atoms with Gasteiger partial charge in [0.15, 0.2) is 17.5 Å². The van der Waals surface area contributed by atoms with Crippen LogP contribution in [0.15, 0.2) is 23.2 Å². The fourth-order valence-electron chi connectivity index (χ4n) is 2.60. The number of benzene rings is 1. The number of aliphatic imine (C=N–C) groups is 1. The first kappa shape index (κ1) is 20.5. The zero-order valence-corrected chi connectivity index (χ0v) is 15.7. The molecule has 0 radical (unpaired) electrons. The first-order valence-corrected chi connectivity index (χ1v) is 9.35. The molecule has 2 N–H and O–H groups in total. The highest BCUT2D eigenvalue weighted by Gasteiger charge is 2.15. The second-order valence-electron chi connectivity index (χ2n) is 6.03. The summed E-state index contributed by atoms with van der Waals surface area (Å²) >= 11 is 0. The minimum absolute atomic E-state index is 0.242. The molecule has 1 aliphatic rings. The fraction of sp³-hybridized carbons (Fsp3) is 0.632. The van der Waals surface area contributed by atoms with Crippen LogP contribution < -0.4 is 15.4 Å². The number of guanidine groups is 1. The van der Waals surface area contributed by atoms with Gasteiger partial charge in [-0.1, -0.05) is 6.07 Å². The fourth-order valence-corrected chi connectivity index (χ4v) is 2.60. The highest BCUT2D eigenvalue weighted by atomic mass is 19.1. The van der Waals surface area contributed by atoms with Crippen LogP contribution in [0, 0.1) is 5.82 Å². The van der Waals surface area contributed by atoms with Crippen molar-refractivity contribution in [3.63, 3.8) is 0 Å². The van der Waals surface area contributed by atoms with Crippen molar-refractivity contribution >= 4 is 5.96 Å². The molecule has 1 saturated heterocycles. The van der Waals surface area contributed by atoms with Gasteiger partial charge in [0.25, 0.3) is 0 Å². The van der Waals surface area contributed by atoms with Crippen LogP contribution in [0.4, 0.5) is 4.39 Å². The third-order valence-electron chi connectivity index (χ3n) is 3.92. The van der Waals surface area contributed by atoms with Crippen LogP contribution in [0.3, 0.4) is 0 Å². The van der Waals surface area contributed by atoms with E-state index < -0.39 is 0 Å². The largest absolute Gasteiger partial charge is 0.491 e. The lowest BCUT2D eigenvalue weighted by Gasteiger charge is -2.13. The van der Waals surface area contributed by atoms with Gasteiger partial charge < -0.3 is 24.8 Å². The molecule has 26 heavy (non-hydrogen) atoms. The Labute approximate surface area is 155 Å². The van der Waals surface area contributed by atoms with Gasteiger partial charge in [-0.15, -0.1) is 0 Å². The predicted octanol–water partition coefficient (Wildman–Crippen LogP) is 2.48. The maximum Gasteiger partial charge on any atom is 0.191 e. The maximum absolute atomic E-state index is 13.9. The zero-order valence-electron chi connectivity index (χ0n) is 15.7. The topological polar surface area (TPSA) is 64.1 Å². The van der Waals surface area contributed by atoms with Crippen molar-refractivity contribution in [1.82, 2.24) is 10.6 Å². The number of nitrogens with zero attached hydrogens (tertiary/aromatic N) is 1. The predicted molar refractivity (Wildman–Crippen MR) is 100 cm³/mol. The molecule has 1 heterocycles. The van der Waals surface area contributed by atoms with E-state index in [0.29, 0.717) is 32.3 Å². The molecule has 7 heteroatoms. The molecule has 6 nitrogen and oxygen atoms in total. The van der Waals surface area contributed by atoms with E-state index in [2.05, 4.69) is 15.6 Å². The van der Waals surface area contributed by atoms with Gasteiger partial charge in [0, 0.05) is 26.3 Å². The monoisotopic (exact) mass is 367 g/mol. The standard InChI is InChI=1S/C19H30FN3O3/c1-3-21-19(22-9-5-10-26-16-8-11-24-14-16)23-13-15-6-7-18(25-4-2)17(20)12-15/h6-7,12,16H,3-5,8-11,13-14H2,1-2H3,(H2,21,22,23). The van der Waals surface area contributed by atoms with Crippen molar-refractivity contribution in [1.29, 1.82) is 0 Å². The Morgan fingerprint density at radius 2 is 2.23 bits per heavy atom. The number of rotatable bonds is 10. The first-order valence-electron chi connectivity index (χ1n) is 9.35. The molecule has 0 aromatic heterocycles. The summed E-state index contributed by atoms with van der Waals surface area (Å²) in [6, 6.07) is 4.95. The van der Waals surface area contributed by atoms with Gasteiger partial charge in [-0.3, -0.25) is 0 Å². The Bertz CT molecular complexity index is 563. The average molecular weight is 367 g/mol. The van der Waals surface area contributed by atoms with Gasteiger partial charge in [-0.25, -0.2) is 9.38 Å². The summed E-state index contributed by atoms with van der Waals surface area (Å²) < 4.78 is 30.1. The Morgan fingerprint density at radius 3 is 2.92 bits per heavy atom. The minimum Gasteiger partial charge on any atom is -0.491 e. The Morgan fingerprint density at radius 1 is 1.35 bits per heavy atom.